The Morgan fingerprint density at radius 1 is 1.31 bits per heavy atom. The van der Waals surface area contributed by atoms with Gasteiger partial charge in [-0.2, -0.15) is 26.3 Å². The van der Waals surface area contributed by atoms with Crippen molar-refractivity contribution in [2.75, 3.05) is 6.61 Å². The molecule has 1 N–H and O–H groups in total. The quantitative estimate of drug-likeness (QED) is 0.641. The number of nitrogens with one attached hydrogen (secondary N) is 1. The number of ether oxygens (including phenoxy) is 1. The summed E-state index contributed by atoms with van der Waals surface area (Å²) in [5.74, 6) is -1.10. The molecular formula is C11H8BrF6N3O3S2. The first kappa shape index (κ1) is 21.0. The summed E-state index contributed by atoms with van der Waals surface area (Å²) in [6, 6.07) is 0. The van der Waals surface area contributed by atoms with Gasteiger partial charge in [0, 0.05) is 0 Å². The van der Waals surface area contributed by atoms with E-state index in [-0.39, 0.29) is 0 Å². The molecule has 15 heteroatoms. The highest BCUT2D eigenvalue weighted by atomic mass is 79.9. The Labute approximate surface area is 154 Å². The summed E-state index contributed by atoms with van der Waals surface area (Å²) in [5.41, 5.74) is -2.66. The van der Waals surface area contributed by atoms with E-state index in [1.54, 1.807) is 0 Å². The molecule has 0 bridgehead atoms. The van der Waals surface area contributed by atoms with Gasteiger partial charge in [0.25, 0.3) is 0 Å². The maximum absolute atomic E-state index is 13.1. The molecule has 1 atom stereocenters. The van der Waals surface area contributed by atoms with Crippen LogP contribution in [0.3, 0.4) is 0 Å². The van der Waals surface area contributed by atoms with Gasteiger partial charge in [-0.3, -0.25) is 5.10 Å². The highest BCUT2D eigenvalue weighted by molar-refractivity contribution is 9.11. The monoisotopic (exact) mass is 487 g/mol. The van der Waals surface area contributed by atoms with E-state index in [0.29, 0.717) is 15.1 Å². The van der Waals surface area contributed by atoms with Gasteiger partial charge in [0.1, 0.15) is 5.69 Å². The number of halogens is 7. The van der Waals surface area contributed by atoms with Gasteiger partial charge in [0.2, 0.25) is 20.1 Å². The second-order valence-electron chi connectivity index (χ2n) is 4.84. The largest absolute Gasteiger partial charge is 0.467 e. The molecule has 0 saturated carbocycles. The molecule has 26 heavy (non-hydrogen) atoms. The van der Waals surface area contributed by atoms with Crippen LogP contribution in [0.5, 0.6) is 5.88 Å². The highest BCUT2D eigenvalue weighted by Crippen LogP contribution is 2.42. The Balaban J connectivity index is 2.52. The van der Waals surface area contributed by atoms with Crippen molar-refractivity contribution in [3.8, 4) is 5.88 Å². The first-order valence-electron chi connectivity index (χ1n) is 6.43. The molecule has 0 aliphatic heterocycles. The van der Waals surface area contributed by atoms with E-state index < -0.39 is 55.5 Å². The topological polar surface area (TPSA) is 84.9 Å². The molecule has 6 nitrogen and oxygen atoms in total. The fraction of sp³-hybridized carbons (Fsp3) is 0.455. The van der Waals surface area contributed by atoms with Crippen molar-refractivity contribution in [2.24, 2.45) is 0 Å². The van der Waals surface area contributed by atoms with E-state index in [4.69, 9.17) is 0 Å². The first-order valence-corrected chi connectivity index (χ1v) is 9.59. The van der Waals surface area contributed by atoms with Gasteiger partial charge in [0.15, 0.2) is 6.61 Å². The Morgan fingerprint density at radius 3 is 2.38 bits per heavy atom. The molecule has 1 unspecified atom stereocenters. The average molecular weight is 488 g/mol. The Bertz CT molecular complexity index is 890. The molecular weight excluding hydrogens is 480 g/mol. The first-order chi connectivity index (χ1) is 11.7. The number of alkyl halides is 6. The third-order valence-electron chi connectivity index (χ3n) is 3.00. The molecule has 0 saturated heterocycles. The van der Waals surface area contributed by atoms with Crippen LogP contribution in [-0.2, 0) is 16.0 Å². The number of hydrogen-bond donors (Lipinski definition) is 1. The van der Waals surface area contributed by atoms with Gasteiger partial charge in [-0.1, -0.05) is 11.3 Å². The van der Waals surface area contributed by atoms with Crippen molar-refractivity contribution < 1.29 is 39.5 Å². The molecule has 2 heterocycles. The third-order valence-corrected chi connectivity index (χ3v) is 6.97. The highest BCUT2D eigenvalue weighted by Gasteiger charge is 2.44. The molecule has 2 aromatic heterocycles. The number of thiazole rings is 1. The average Bonchev–Trinajstić information content (AvgIpc) is 3.09. The van der Waals surface area contributed by atoms with E-state index in [0.717, 1.165) is 13.1 Å². The van der Waals surface area contributed by atoms with Crippen LogP contribution in [0.15, 0.2) is 14.3 Å². The minimum Gasteiger partial charge on any atom is -0.467 e. The summed E-state index contributed by atoms with van der Waals surface area (Å²) >= 11 is 3.62. The van der Waals surface area contributed by atoms with Crippen LogP contribution in [-0.4, -0.2) is 36.4 Å². The molecule has 2 rings (SSSR count). The predicted octanol–water partition coefficient (Wildman–Crippen LogP) is 4.12. The molecule has 0 radical (unpaired) electrons. The fourth-order valence-electron chi connectivity index (χ4n) is 1.86. The zero-order valence-corrected chi connectivity index (χ0v) is 15.7. The maximum Gasteiger partial charge on any atom is 0.433 e. The van der Waals surface area contributed by atoms with Crippen LogP contribution in [0.25, 0.3) is 0 Å². The molecule has 0 amide bonds. The van der Waals surface area contributed by atoms with Crippen LogP contribution in [0.1, 0.15) is 23.4 Å². The molecule has 2 aromatic rings. The van der Waals surface area contributed by atoms with Crippen molar-refractivity contribution in [2.45, 2.75) is 28.9 Å². The molecule has 0 aliphatic rings. The van der Waals surface area contributed by atoms with Gasteiger partial charge in [-0.25, -0.2) is 13.4 Å². The molecule has 0 fully saturated rings. The fourth-order valence-corrected chi connectivity index (χ4v) is 5.32. The van der Waals surface area contributed by atoms with Crippen LogP contribution in [0, 0.1) is 0 Å². The summed E-state index contributed by atoms with van der Waals surface area (Å²) in [4.78, 5) is 3.58. The lowest BCUT2D eigenvalue weighted by Crippen LogP contribution is -2.21. The van der Waals surface area contributed by atoms with Crippen LogP contribution >= 0.6 is 27.3 Å². The van der Waals surface area contributed by atoms with Gasteiger partial charge in [-0.05, 0) is 22.9 Å². The number of H-pyrrole nitrogens is 1. The Hall–Kier alpha value is -1.35. The second kappa shape index (κ2) is 6.99. The van der Waals surface area contributed by atoms with Crippen molar-refractivity contribution in [1.82, 2.24) is 15.2 Å². The SMILES string of the molecule is CC(c1c(OCC(F)(F)F)n[nH]c1C(F)(F)F)S(=O)(=O)c1ncc(Br)s1. The minimum absolute atomic E-state index is 0.306. The number of rotatable bonds is 5. The third kappa shape index (κ3) is 4.49. The van der Waals surface area contributed by atoms with Gasteiger partial charge in [0.05, 0.1) is 20.8 Å². The van der Waals surface area contributed by atoms with Crippen LogP contribution < -0.4 is 4.74 Å². The van der Waals surface area contributed by atoms with E-state index in [2.05, 4.69) is 30.7 Å². The van der Waals surface area contributed by atoms with E-state index in [1.165, 1.54) is 5.10 Å². The van der Waals surface area contributed by atoms with E-state index in [9.17, 15) is 34.8 Å². The second-order valence-corrected chi connectivity index (χ2v) is 9.69. The van der Waals surface area contributed by atoms with Crippen molar-refractivity contribution in [1.29, 1.82) is 0 Å². The minimum atomic E-state index is -5.09. The maximum atomic E-state index is 13.1. The van der Waals surface area contributed by atoms with Crippen molar-refractivity contribution in [3.05, 3.63) is 21.2 Å². The van der Waals surface area contributed by atoms with Crippen molar-refractivity contribution in [3.63, 3.8) is 0 Å². The molecule has 0 aliphatic carbocycles. The summed E-state index contributed by atoms with van der Waals surface area (Å²) < 4.78 is 105. The number of sulfone groups is 1. The zero-order valence-electron chi connectivity index (χ0n) is 12.4. The zero-order chi connectivity index (χ0) is 19.9. The smallest absolute Gasteiger partial charge is 0.433 e. The summed E-state index contributed by atoms with van der Waals surface area (Å²) in [7, 11) is -4.44. The van der Waals surface area contributed by atoms with Crippen LogP contribution in [0.4, 0.5) is 26.3 Å². The van der Waals surface area contributed by atoms with Gasteiger partial charge < -0.3 is 4.74 Å². The summed E-state index contributed by atoms with van der Waals surface area (Å²) in [6.45, 7) is -1.05. The lowest BCUT2D eigenvalue weighted by atomic mass is 10.2. The standard InChI is InChI=1S/C11H8BrF6N3O3S2/c1-4(26(22,23)9-19-2-5(12)25-9)6-7(11(16,17)18)20-21-8(6)24-3-10(13,14)15/h2,4H,3H2,1H3,(H,20,21). The van der Waals surface area contributed by atoms with E-state index in [1.807, 2.05) is 0 Å². The normalized spacial score (nSPS) is 14.5. The predicted molar refractivity (Wildman–Crippen MR) is 80.6 cm³/mol. The Morgan fingerprint density at radius 2 is 1.92 bits per heavy atom. The van der Waals surface area contributed by atoms with Crippen molar-refractivity contribution >= 4 is 37.1 Å². The van der Waals surface area contributed by atoms with Crippen LogP contribution in [0.2, 0.25) is 0 Å². The van der Waals surface area contributed by atoms with Gasteiger partial charge in [-0.15, -0.1) is 5.10 Å². The number of aromatic nitrogens is 3. The lowest BCUT2D eigenvalue weighted by molar-refractivity contribution is -0.154. The van der Waals surface area contributed by atoms with E-state index >= 15 is 0 Å². The number of aromatic amines is 1. The molecule has 146 valence electrons. The Kier molecular flexibility index (Phi) is 5.64. The summed E-state index contributed by atoms with van der Waals surface area (Å²) in [5, 5.41) is 2.65. The summed E-state index contributed by atoms with van der Waals surface area (Å²) in [6.07, 6.45) is -8.81. The van der Waals surface area contributed by atoms with Gasteiger partial charge >= 0.3 is 12.4 Å². The molecule has 0 spiro atoms. The number of hydrogen-bond acceptors (Lipinski definition) is 6. The lowest BCUT2D eigenvalue weighted by Gasteiger charge is -2.15. The molecule has 0 aromatic carbocycles. The number of nitrogens with zero attached hydrogens (tertiary/aromatic N) is 2.